The van der Waals surface area contributed by atoms with Crippen molar-refractivity contribution in [1.29, 1.82) is 0 Å². The van der Waals surface area contributed by atoms with Crippen LogP contribution >= 0.6 is 11.6 Å². The minimum absolute atomic E-state index is 0.0351. The lowest BCUT2D eigenvalue weighted by molar-refractivity contribution is 0.0464. The topological polar surface area (TPSA) is 78.4 Å². The van der Waals surface area contributed by atoms with Crippen LogP contribution in [0.4, 0.5) is 0 Å². The molecule has 7 nitrogen and oxygen atoms in total. The number of hydrogen-bond acceptors (Lipinski definition) is 4. The summed E-state index contributed by atoms with van der Waals surface area (Å²) in [6, 6.07) is 12.7. The summed E-state index contributed by atoms with van der Waals surface area (Å²) in [6.07, 6.45) is -0.693. The van der Waals surface area contributed by atoms with Crippen LogP contribution in [0.25, 0.3) is 22.2 Å². The van der Waals surface area contributed by atoms with Gasteiger partial charge in [-0.2, -0.15) is 0 Å². The van der Waals surface area contributed by atoms with Crippen molar-refractivity contribution in [2.75, 3.05) is 6.61 Å². The Hall–Kier alpha value is -3.29. The SMILES string of the molecule is Cc1ccc(-c2c3c(=O)n(C)c(=O)n(C)c3c3n2CCO[C@@H]3c2cc(Cl)ccc2O)cc1. The highest BCUT2D eigenvalue weighted by molar-refractivity contribution is 6.30. The highest BCUT2D eigenvalue weighted by Crippen LogP contribution is 2.43. The molecule has 8 heteroatoms. The van der Waals surface area contributed by atoms with E-state index in [2.05, 4.69) is 0 Å². The Labute approximate surface area is 188 Å². The second-order valence-corrected chi connectivity index (χ2v) is 8.57. The molecule has 4 aromatic rings. The third kappa shape index (κ3) is 2.92. The van der Waals surface area contributed by atoms with Gasteiger partial charge in [0.05, 0.1) is 28.9 Å². The fourth-order valence-electron chi connectivity index (χ4n) is 4.56. The summed E-state index contributed by atoms with van der Waals surface area (Å²) >= 11 is 6.22. The molecule has 0 spiro atoms. The number of benzene rings is 2. The first kappa shape index (κ1) is 20.6. The summed E-state index contributed by atoms with van der Waals surface area (Å²) in [6.45, 7) is 2.88. The van der Waals surface area contributed by atoms with Gasteiger partial charge >= 0.3 is 5.69 Å². The summed E-state index contributed by atoms with van der Waals surface area (Å²) in [5.74, 6) is 0.0351. The lowest BCUT2D eigenvalue weighted by atomic mass is 10.0. The first-order valence-electron chi connectivity index (χ1n) is 10.3. The zero-order valence-electron chi connectivity index (χ0n) is 17.9. The van der Waals surface area contributed by atoms with Gasteiger partial charge in [0.1, 0.15) is 11.9 Å². The van der Waals surface area contributed by atoms with Crippen LogP contribution in [0.15, 0.2) is 52.1 Å². The Kier molecular flexibility index (Phi) is 4.76. The number of ether oxygens (including phenoxy) is 1. The average Bonchev–Trinajstić information content (AvgIpc) is 3.14. The fraction of sp³-hybridized carbons (Fsp3) is 0.250. The number of nitrogens with zero attached hydrogens (tertiary/aromatic N) is 3. The molecule has 0 unspecified atom stereocenters. The molecule has 2 aromatic heterocycles. The molecule has 1 N–H and O–H groups in total. The number of fused-ring (bicyclic) bond motifs is 3. The van der Waals surface area contributed by atoms with Crippen LogP contribution in [0, 0.1) is 6.92 Å². The highest BCUT2D eigenvalue weighted by Gasteiger charge is 2.34. The highest BCUT2D eigenvalue weighted by atomic mass is 35.5. The zero-order valence-corrected chi connectivity index (χ0v) is 18.7. The smallest absolute Gasteiger partial charge is 0.331 e. The molecular formula is C24H22ClN3O4. The summed E-state index contributed by atoms with van der Waals surface area (Å²) in [5, 5.41) is 11.5. The van der Waals surface area contributed by atoms with E-state index >= 15 is 0 Å². The van der Waals surface area contributed by atoms with Gasteiger partial charge in [0.2, 0.25) is 0 Å². The van der Waals surface area contributed by atoms with Crippen LogP contribution in [0.3, 0.4) is 0 Å². The van der Waals surface area contributed by atoms with Crippen LogP contribution < -0.4 is 11.2 Å². The lowest BCUT2D eigenvalue weighted by Gasteiger charge is -2.28. The van der Waals surface area contributed by atoms with E-state index in [4.69, 9.17) is 16.3 Å². The monoisotopic (exact) mass is 451 g/mol. The lowest BCUT2D eigenvalue weighted by Crippen LogP contribution is -2.37. The van der Waals surface area contributed by atoms with Gasteiger partial charge in [-0.1, -0.05) is 41.4 Å². The molecule has 0 saturated carbocycles. The van der Waals surface area contributed by atoms with Crippen molar-refractivity contribution < 1.29 is 9.84 Å². The molecule has 164 valence electrons. The summed E-state index contributed by atoms with van der Waals surface area (Å²) in [7, 11) is 3.13. The van der Waals surface area contributed by atoms with Gasteiger partial charge in [0.15, 0.2) is 0 Å². The van der Waals surface area contributed by atoms with Crippen molar-refractivity contribution in [3.05, 3.63) is 85.1 Å². The van der Waals surface area contributed by atoms with Gasteiger partial charge in [0.25, 0.3) is 5.56 Å². The molecule has 0 amide bonds. The Bertz CT molecular complexity index is 1500. The van der Waals surface area contributed by atoms with E-state index in [9.17, 15) is 14.7 Å². The maximum absolute atomic E-state index is 13.4. The molecule has 5 rings (SSSR count). The number of phenolic OH excluding ortho intramolecular Hbond substituents is 1. The zero-order chi connectivity index (χ0) is 22.7. The molecule has 0 bridgehead atoms. The van der Waals surface area contributed by atoms with E-state index in [1.54, 1.807) is 19.2 Å². The van der Waals surface area contributed by atoms with E-state index in [0.717, 1.165) is 21.4 Å². The Morgan fingerprint density at radius 2 is 1.78 bits per heavy atom. The van der Waals surface area contributed by atoms with Crippen molar-refractivity contribution in [2.45, 2.75) is 19.6 Å². The Balaban J connectivity index is 1.95. The number of aromatic nitrogens is 3. The quantitative estimate of drug-likeness (QED) is 0.506. The number of hydrogen-bond donors (Lipinski definition) is 1. The average molecular weight is 452 g/mol. The van der Waals surface area contributed by atoms with Gasteiger partial charge in [-0.25, -0.2) is 4.79 Å². The second kappa shape index (κ2) is 7.39. The molecule has 1 aliphatic heterocycles. The molecule has 3 heterocycles. The number of aryl methyl sites for hydroxylation is 2. The van der Waals surface area contributed by atoms with Crippen molar-refractivity contribution in [3.8, 4) is 17.0 Å². The molecule has 1 atom stereocenters. The molecule has 0 fully saturated rings. The van der Waals surface area contributed by atoms with Crippen LogP contribution in [0.5, 0.6) is 5.75 Å². The van der Waals surface area contributed by atoms with Crippen molar-refractivity contribution in [3.63, 3.8) is 0 Å². The predicted octanol–water partition coefficient (Wildman–Crippen LogP) is 3.49. The molecule has 0 saturated heterocycles. The Morgan fingerprint density at radius 1 is 1.06 bits per heavy atom. The minimum atomic E-state index is -0.693. The number of halogens is 1. The second-order valence-electron chi connectivity index (χ2n) is 8.13. The molecule has 0 radical (unpaired) electrons. The largest absolute Gasteiger partial charge is 0.508 e. The number of phenols is 1. The predicted molar refractivity (Wildman–Crippen MR) is 124 cm³/mol. The summed E-state index contributed by atoms with van der Waals surface area (Å²) in [5.41, 5.74) is 3.56. The minimum Gasteiger partial charge on any atom is -0.508 e. The van der Waals surface area contributed by atoms with Crippen molar-refractivity contribution in [2.24, 2.45) is 14.1 Å². The van der Waals surface area contributed by atoms with Gasteiger partial charge in [0, 0.05) is 31.2 Å². The van der Waals surface area contributed by atoms with Crippen LogP contribution in [-0.4, -0.2) is 25.4 Å². The van der Waals surface area contributed by atoms with E-state index in [1.807, 2.05) is 35.8 Å². The van der Waals surface area contributed by atoms with Gasteiger partial charge < -0.3 is 14.4 Å². The third-order valence-electron chi connectivity index (χ3n) is 6.15. The standard InChI is InChI=1S/C24H22ClN3O4/c1-13-4-6-14(7-5-13)19-18-20(26(2)24(31)27(3)23(18)30)21-22(32-11-10-28(19)21)16-12-15(25)8-9-17(16)29/h4-9,12,22,29H,10-11H2,1-3H3/t22-/m1/s1. The van der Waals surface area contributed by atoms with Crippen LogP contribution in [0.2, 0.25) is 5.02 Å². The van der Waals surface area contributed by atoms with Crippen molar-refractivity contribution >= 4 is 22.5 Å². The summed E-state index contributed by atoms with van der Waals surface area (Å²) in [4.78, 5) is 26.2. The first-order chi connectivity index (χ1) is 15.3. The molecule has 32 heavy (non-hydrogen) atoms. The molecular weight excluding hydrogens is 430 g/mol. The first-order valence-corrected chi connectivity index (χ1v) is 10.7. The molecule has 1 aliphatic rings. The van der Waals surface area contributed by atoms with Gasteiger partial charge in [-0.05, 0) is 30.7 Å². The van der Waals surface area contributed by atoms with E-state index in [0.29, 0.717) is 40.3 Å². The van der Waals surface area contributed by atoms with Gasteiger partial charge in [-0.15, -0.1) is 0 Å². The third-order valence-corrected chi connectivity index (χ3v) is 6.38. The summed E-state index contributed by atoms with van der Waals surface area (Å²) < 4.78 is 10.7. The maximum Gasteiger partial charge on any atom is 0.331 e. The molecule has 2 aromatic carbocycles. The van der Waals surface area contributed by atoms with E-state index in [1.165, 1.54) is 17.7 Å². The fourth-order valence-corrected chi connectivity index (χ4v) is 4.74. The normalized spacial score (nSPS) is 15.8. The number of rotatable bonds is 2. The van der Waals surface area contributed by atoms with Crippen LogP contribution in [0.1, 0.15) is 22.9 Å². The number of aromatic hydroxyl groups is 1. The Morgan fingerprint density at radius 3 is 2.50 bits per heavy atom. The van der Waals surface area contributed by atoms with E-state index in [-0.39, 0.29) is 11.3 Å². The maximum atomic E-state index is 13.4. The van der Waals surface area contributed by atoms with Crippen molar-refractivity contribution in [1.82, 2.24) is 13.7 Å². The van der Waals surface area contributed by atoms with Crippen LogP contribution in [-0.2, 0) is 25.4 Å². The van der Waals surface area contributed by atoms with Gasteiger partial charge in [-0.3, -0.25) is 13.9 Å². The van der Waals surface area contributed by atoms with E-state index < -0.39 is 11.8 Å². The molecule has 0 aliphatic carbocycles.